The van der Waals surface area contributed by atoms with Crippen LogP contribution in [0.3, 0.4) is 0 Å². The fourth-order valence-electron chi connectivity index (χ4n) is 1.45. The highest BCUT2D eigenvalue weighted by molar-refractivity contribution is 5.78. The molecule has 0 heterocycles. The first-order chi connectivity index (χ1) is 8.51. The number of hydrogen-bond acceptors (Lipinski definition) is 3. The quantitative estimate of drug-likeness (QED) is 0.654. The Bertz CT molecular complexity index is 251. The summed E-state index contributed by atoms with van der Waals surface area (Å²) in [5, 5.41) is 5.39. The normalized spacial score (nSPS) is 10.6. The van der Waals surface area contributed by atoms with Crippen LogP contribution in [0.2, 0.25) is 0 Å². The highest BCUT2D eigenvalue weighted by atomic mass is 16.5. The zero-order chi connectivity index (χ0) is 14.0. The van der Waals surface area contributed by atoms with Crippen LogP contribution in [-0.4, -0.2) is 31.7 Å². The third kappa shape index (κ3) is 7.92. The molecule has 18 heavy (non-hydrogen) atoms. The van der Waals surface area contributed by atoms with Gasteiger partial charge in [0, 0.05) is 19.0 Å². The predicted molar refractivity (Wildman–Crippen MR) is 71.3 cm³/mol. The molecule has 0 spiro atoms. The first-order valence-corrected chi connectivity index (χ1v) is 6.69. The summed E-state index contributed by atoms with van der Waals surface area (Å²) < 4.78 is 4.94. The third-order valence-electron chi connectivity index (χ3n) is 2.60. The van der Waals surface area contributed by atoms with Crippen molar-refractivity contribution in [3.63, 3.8) is 0 Å². The van der Waals surface area contributed by atoms with E-state index in [1.165, 1.54) is 0 Å². The SMILES string of the molecule is CCC(CC)C(=O)NCCNC(=O)OCC(C)C. The van der Waals surface area contributed by atoms with E-state index in [4.69, 9.17) is 4.74 Å². The van der Waals surface area contributed by atoms with Crippen LogP contribution in [0.15, 0.2) is 0 Å². The summed E-state index contributed by atoms with van der Waals surface area (Å²) in [6, 6.07) is 0. The van der Waals surface area contributed by atoms with E-state index >= 15 is 0 Å². The second kappa shape index (κ2) is 9.74. The summed E-state index contributed by atoms with van der Waals surface area (Å²) in [6.45, 7) is 9.18. The molecule has 0 atom stereocenters. The van der Waals surface area contributed by atoms with Gasteiger partial charge in [0.05, 0.1) is 6.61 Å². The summed E-state index contributed by atoms with van der Waals surface area (Å²) in [7, 11) is 0. The Morgan fingerprint density at radius 3 is 2.11 bits per heavy atom. The van der Waals surface area contributed by atoms with Crippen molar-refractivity contribution < 1.29 is 14.3 Å². The van der Waals surface area contributed by atoms with Gasteiger partial charge < -0.3 is 15.4 Å². The van der Waals surface area contributed by atoms with Gasteiger partial charge in [0.2, 0.25) is 5.91 Å². The minimum Gasteiger partial charge on any atom is -0.449 e. The van der Waals surface area contributed by atoms with Crippen LogP contribution < -0.4 is 10.6 Å². The van der Waals surface area contributed by atoms with Gasteiger partial charge in [-0.2, -0.15) is 0 Å². The van der Waals surface area contributed by atoms with Gasteiger partial charge in [0.15, 0.2) is 0 Å². The maximum atomic E-state index is 11.6. The maximum Gasteiger partial charge on any atom is 0.407 e. The monoisotopic (exact) mass is 258 g/mol. The van der Waals surface area contributed by atoms with Gasteiger partial charge in [0.1, 0.15) is 0 Å². The minimum absolute atomic E-state index is 0.0531. The van der Waals surface area contributed by atoms with Crippen LogP contribution in [0.4, 0.5) is 4.79 Å². The minimum atomic E-state index is -0.430. The van der Waals surface area contributed by atoms with E-state index < -0.39 is 6.09 Å². The van der Waals surface area contributed by atoms with E-state index in [2.05, 4.69) is 10.6 Å². The highest BCUT2D eigenvalue weighted by Crippen LogP contribution is 2.06. The van der Waals surface area contributed by atoms with Gasteiger partial charge in [-0.15, -0.1) is 0 Å². The van der Waals surface area contributed by atoms with Crippen molar-refractivity contribution in [2.75, 3.05) is 19.7 Å². The first-order valence-electron chi connectivity index (χ1n) is 6.69. The molecule has 0 unspecified atom stereocenters. The van der Waals surface area contributed by atoms with Crippen LogP contribution in [0.5, 0.6) is 0 Å². The van der Waals surface area contributed by atoms with Crippen LogP contribution in [-0.2, 0) is 9.53 Å². The fourth-order valence-corrected chi connectivity index (χ4v) is 1.45. The van der Waals surface area contributed by atoms with E-state index in [1.54, 1.807) is 0 Å². The second-order valence-corrected chi connectivity index (χ2v) is 4.72. The molecule has 0 aromatic carbocycles. The van der Waals surface area contributed by atoms with Crippen LogP contribution >= 0.6 is 0 Å². The standard InChI is InChI=1S/C13H26N2O3/c1-5-11(6-2)12(16)14-7-8-15-13(17)18-9-10(3)4/h10-11H,5-9H2,1-4H3,(H,14,16)(H,15,17). The van der Waals surface area contributed by atoms with E-state index in [-0.39, 0.29) is 11.8 Å². The van der Waals surface area contributed by atoms with Crippen molar-refractivity contribution in [3.05, 3.63) is 0 Å². The average Bonchev–Trinajstić information content (AvgIpc) is 2.33. The number of hydrogen-bond donors (Lipinski definition) is 2. The van der Waals surface area contributed by atoms with Gasteiger partial charge in [-0.25, -0.2) is 4.79 Å². The van der Waals surface area contributed by atoms with Crippen molar-refractivity contribution in [1.29, 1.82) is 0 Å². The summed E-state index contributed by atoms with van der Waals surface area (Å²) in [5.41, 5.74) is 0. The molecule has 0 fully saturated rings. The van der Waals surface area contributed by atoms with E-state index in [1.807, 2.05) is 27.7 Å². The molecule has 0 aromatic rings. The van der Waals surface area contributed by atoms with Crippen LogP contribution in [0.1, 0.15) is 40.5 Å². The highest BCUT2D eigenvalue weighted by Gasteiger charge is 2.13. The molecule has 0 saturated heterocycles. The number of rotatable bonds is 8. The lowest BCUT2D eigenvalue weighted by molar-refractivity contribution is -0.125. The number of carbonyl (C=O) groups excluding carboxylic acids is 2. The Hall–Kier alpha value is -1.26. The topological polar surface area (TPSA) is 67.4 Å². The van der Waals surface area contributed by atoms with Crippen molar-refractivity contribution in [2.24, 2.45) is 11.8 Å². The zero-order valence-corrected chi connectivity index (χ0v) is 11.9. The summed E-state index contributed by atoms with van der Waals surface area (Å²) in [4.78, 5) is 22.8. The van der Waals surface area contributed by atoms with E-state index in [9.17, 15) is 9.59 Å². The molecule has 0 radical (unpaired) electrons. The number of ether oxygens (including phenoxy) is 1. The molecule has 5 heteroatoms. The van der Waals surface area contributed by atoms with Crippen LogP contribution in [0, 0.1) is 11.8 Å². The second-order valence-electron chi connectivity index (χ2n) is 4.72. The van der Waals surface area contributed by atoms with E-state index in [0.29, 0.717) is 25.6 Å². The van der Waals surface area contributed by atoms with Gasteiger partial charge in [-0.1, -0.05) is 27.7 Å². The Morgan fingerprint density at radius 1 is 1.06 bits per heavy atom. The Balaban J connectivity index is 3.61. The smallest absolute Gasteiger partial charge is 0.407 e. The average molecular weight is 258 g/mol. The molecule has 0 aromatic heterocycles. The maximum absolute atomic E-state index is 11.6. The Labute approximate surface area is 110 Å². The van der Waals surface area contributed by atoms with Crippen molar-refractivity contribution in [2.45, 2.75) is 40.5 Å². The largest absolute Gasteiger partial charge is 0.449 e. The lowest BCUT2D eigenvalue weighted by atomic mass is 10.0. The number of carbonyl (C=O) groups is 2. The van der Waals surface area contributed by atoms with E-state index in [0.717, 1.165) is 12.8 Å². The molecule has 0 aliphatic heterocycles. The lowest BCUT2D eigenvalue weighted by Crippen LogP contribution is -2.37. The number of nitrogens with one attached hydrogen (secondary N) is 2. The van der Waals surface area contributed by atoms with Crippen molar-refractivity contribution in [1.82, 2.24) is 10.6 Å². The Morgan fingerprint density at radius 2 is 1.61 bits per heavy atom. The molecule has 0 aliphatic rings. The van der Waals surface area contributed by atoms with Gasteiger partial charge >= 0.3 is 6.09 Å². The summed E-state index contributed by atoms with van der Waals surface area (Å²) in [5.74, 6) is 0.445. The molecule has 106 valence electrons. The van der Waals surface area contributed by atoms with Crippen molar-refractivity contribution in [3.8, 4) is 0 Å². The summed E-state index contributed by atoms with van der Waals surface area (Å²) >= 11 is 0. The molecule has 0 saturated carbocycles. The van der Waals surface area contributed by atoms with Gasteiger partial charge in [-0.3, -0.25) is 4.79 Å². The summed E-state index contributed by atoms with van der Waals surface area (Å²) in [6.07, 6.45) is 1.25. The molecule has 0 rings (SSSR count). The third-order valence-corrected chi connectivity index (χ3v) is 2.60. The molecule has 0 bridgehead atoms. The first kappa shape index (κ1) is 16.7. The molecule has 2 N–H and O–H groups in total. The predicted octanol–water partition coefficient (Wildman–Crippen LogP) is 1.92. The van der Waals surface area contributed by atoms with Crippen molar-refractivity contribution >= 4 is 12.0 Å². The van der Waals surface area contributed by atoms with Gasteiger partial charge in [0.25, 0.3) is 0 Å². The molecule has 5 nitrogen and oxygen atoms in total. The van der Waals surface area contributed by atoms with Crippen LogP contribution in [0.25, 0.3) is 0 Å². The molecule has 2 amide bonds. The molecular formula is C13H26N2O3. The fraction of sp³-hybridized carbons (Fsp3) is 0.846. The van der Waals surface area contributed by atoms with Gasteiger partial charge in [-0.05, 0) is 18.8 Å². The zero-order valence-electron chi connectivity index (χ0n) is 11.9. The number of amides is 2. The number of alkyl carbamates (subject to hydrolysis) is 1. The molecule has 0 aliphatic carbocycles. The lowest BCUT2D eigenvalue weighted by Gasteiger charge is -2.13. The molecular weight excluding hydrogens is 232 g/mol. The Kier molecular flexibility index (Phi) is 9.06.